The molecule has 21 heavy (non-hydrogen) atoms. The lowest BCUT2D eigenvalue weighted by Crippen LogP contribution is -2.18. The van der Waals surface area contributed by atoms with Gasteiger partial charge in [-0.15, -0.1) is 13.2 Å². The van der Waals surface area contributed by atoms with Crippen LogP contribution in [0.4, 0.5) is 18.9 Å². The first-order valence-corrected chi connectivity index (χ1v) is 5.71. The quantitative estimate of drug-likeness (QED) is 0.886. The third-order valence-electron chi connectivity index (χ3n) is 2.36. The third-order valence-corrected chi connectivity index (χ3v) is 2.36. The van der Waals surface area contributed by atoms with E-state index in [0.717, 1.165) is 12.1 Å². The molecular formula is C12H10F3N3O3. The SMILES string of the molecule is O=C(O)Cc1ccnn1Nc1cccc(OC(F)(F)F)c1. The molecule has 1 aromatic carbocycles. The summed E-state index contributed by atoms with van der Waals surface area (Å²) in [6, 6.07) is 6.62. The van der Waals surface area contributed by atoms with Crippen LogP contribution in [0, 0.1) is 0 Å². The number of hydrogen-bond acceptors (Lipinski definition) is 4. The standard InChI is InChI=1S/C12H10F3N3O3/c13-12(14,15)21-10-3-1-2-8(6-10)17-18-9(4-5-16-18)7-11(19)20/h1-6,17H,7H2,(H,19,20). The van der Waals surface area contributed by atoms with Crippen LogP contribution in [0.2, 0.25) is 0 Å². The van der Waals surface area contributed by atoms with Gasteiger partial charge in [-0.05, 0) is 18.2 Å². The summed E-state index contributed by atoms with van der Waals surface area (Å²) >= 11 is 0. The first-order valence-electron chi connectivity index (χ1n) is 5.71. The summed E-state index contributed by atoms with van der Waals surface area (Å²) < 4.78 is 40.2. The predicted octanol–water partition coefficient (Wildman–Crippen LogP) is 2.28. The van der Waals surface area contributed by atoms with Crippen LogP contribution in [0.25, 0.3) is 0 Å². The van der Waals surface area contributed by atoms with Gasteiger partial charge in [0.25, 0.3) is 0 Å². The van der Waals surface area contributed by atoms with E-state index in [0.29, 0.717) is 5.69 Å². The fourth-order valence-electron chi connectivity index (χ4n) is 1.61. The highest BCUT2D eigenvalue weighted by atomic mass is 19.4. The molecule has 1 heterocycles. The molecule has 0 atom stereocenters. The van der Waals surface area contributed by atoms with Crippen molar-refractivity contribution >= 4 is 11.7 Å². The van der Waals surface area contributed by atoms with Gasteiger partial charge in [0.05, 0.1) is 24.0 Å². The summed E-state index contributed by atoms with van der Waals surface area (Å²) in [5, 5.41) is 12.6. The number of benzene rings is 1. The lowest BCUT2D eigenvalue weighted by atomic mass is 10.3. The van der Waals surface area contributed by atoms with Gasteiger partial charge in [-0.3, -0.25) is 10.2 Å². The number of carboxylic acid groups (broad SMARTS) is 1. The van der Waals surface area contributed by atoms with Crippen molar-refractivity contribution in [2.24, 2.45) is 0 Å². The van der Waals surface area contributed by atoms with Gasteiger partial charge in [-0.1, -0.05) is 6.07 Å². The van der Waals surface area contributed by atoms with Crippen molar-refractivity contribution in [1.82, 2.24) is 9.89 Å². The lowest BCUT2D eigenvalue weighted by molar-refractivity contribution is -0.274. The van der Waals surface area contributed by atoms with Gasteiger partial charge < -0.3 is 9.84 Å². The van der Waals surface area contributed by atoms with Gasteiger partial charge in [0, 0.05) is 6.07 Å². The first kappa shape index (κ1) is 14.7. The number of ether oxygens (including phenoxy) is 1. The van der Waals surface area contributed by atoms with Crippen LogP contribution < -0.4 is 10.2 Å². The van der Waals surface area contributed by atoms with E-state index < -0.39 is 12.3 Å². The molecule has 2 rings (SSSR count). The number of rotatable bonds is 5. The largest absolute Gasteiger partial charge is 0.573 e. The minimum atomic E-state index is -4.78. The summed E-state index contributed by atoms with van der Waals surface area (Å²) in [5.41, 5.74) is 3.30. The van der Waals surface area contributed by atoms with Gasteiger partial charge >= 0.3 is 12.3 Å². The minimum Gasteiger partial charge on any atom is -0.481 e. The maximum absolute atomic E-state index is 12.1. The number of alkyl halides is 3. The molecule has 6 nitrogen and oxygen atoms in total. The zero-order chi connectivity index (χ0) is 15.5. The van der Waals surface area contributed by atoms with Crippen molar-refractivity contribution < 1.29 is 27.8 Å². The zero-order valence-electron chi connectivity index (χ0n) is 10.5. The molecule has 0 radical (unpaired) electrons. The number of halogens is 3. The Bertz CT molecular complexity index is 640. The van der Waals surface area contributed by atoms with Crippen molar-refractivity contribution in [1.29, 1.82) is 0 Å². The molecule has 0 spiro atoms. The molecule has 0 aliphatic heterocycles. The summed E-state index contributed by atoms with van der Waals surface area (Å²) in [6.07, 6.45) is -3.67. The molecule has 0 bridgehead atoms. The monoisotopic (exact) mass is 301 g/mol. The number of carboxylic acids is 1. The maximum Gasteiger partial charge on any atom is 0.573 e. The van der Waals surface area contributed by atoms with Crippen LogP contribution in [0.15, 0.2) is 36.5 Å². The van der Waals surface area contributed by atoms with E-state index in [1.165, 1.54) is 29.2 Å². The molecule has 0 aliphatic rings. The van der Waals surface area contributed by atoms with Crippen molar-refractivity contribution in [2.75, 3.05) is 5.43 Å². The Morgan fingerprint density at radius 2 is 2.14 bits per heavy atom. The topological polar surface area (TPSA) is 76.4 Å². The molecule has 2 N–H and O–H groups in total. The Kier molecular flexibility index (Phi) is 4.01. The molecule has 1 aromatic heterocycles. The average molecular weight is 301 g/mol. The van der Waals surface area contributed by atoms with E-state index in [-0.39, 0.29) is 17.9 Å². The summed E-state index contributed by atoms with van der Waals surface area (Å²) in [7, 11) is 0. The average Bonchev–Trinajstić information content (AvgIpc) is 2.74. The van der Waals surface area contributed by atoms with Crippen LogP contribution in [0.1, 0.15) is 5.69 Å². The second kappa shape index (κ2) is 5.73. The van der Waals surface area contributed by atoms with Gasteiger partial charge in [-0.25, -0.2) is 0 Å². The summed E-state index contributed by atoms with van der Waals surface area (Å²) in [5.74, 6) is -1.44. The molecular weight excluding hydrogens is 291 g/mol. The Balaban J connectivity index is 2.15. The van der Waals surface area contributed by atoms with Crippen molar-refractivity contribution in [3.05, 3.63) is 42.2 Å². The van der Waals surface area contributed by atoms with Gasteiger partial charge in [0.1, 0.15) is 5.75 Å². The Morgan fingerprint density at radius 1 is 1.38 bits per heavy atom. The van der Waals surface area contributed by atoms with Crippen LogP contribution in [-0.2, 0) is 11.2 Å². The summed E-state index contributed by atoms with van der Waals surface area (Å²) in [6.45, 7) is 0. The zero-order valence-corrected chi connectivity index (χ0v) is 10.5. The number of anilines is 1. The lowest BCUT2D eigenvalue weighted by Gasteiger charge is -2.12. The molecule has 112 valence electrons. The smallest absolute Gasteiger partial charge is 0.481 e. The molecule has 0 saturated carbocycles. The molecule has 2 aromatic rings. The second-order valence-electron chi connectivity index (χ2n) is 3.99. The molecule has 0 amide bonds. The normalized spacial score (nSPS) is 11.2. The molecule has 0 unspecified atom stereocenters. The van der Waals surface area contributed by atoms with Crippen LogP contribution in [-0.4, -0.2) is 27.3 Å². The fourth-order valence-corrected chi connectivity index (χ4v) is 1.61. The van der Waals surface area contributed by atoms with E-state index in [9.17, 15) is 18.0 Å². The number of aromatic nitrogens is 2. The molecule has 9 heteroatoms. The number of aliphatic carboxylic acids is 1. The van der Waals surface area contributed by atoms with Crippen molar-refractivity contribution in [2.45, 2.75) is 12.8 Å². The number of hydrogen-bond donors (Lipinski definition) is 2. The highest BCUT2D eigenvalue weighted by Gasteiger charge is 2.31. The van der Waals surface area contributed by atoms with Crippen molar-refractivity contribution in [3.8, 4) is 5.75 Å². The minimum absolute atomic E-state index is 0.270. The van der Waals surface area contributed by atoms with E-state index in [1.54, 1.807) is 0 Å². The van der Waals surface area contributed by atoms with Crippen LogP contribution >= 0.6 is 0 Å². The Morgan fingerprint density at radius 3 is 2.81 bits per heavy atom. The third kappa shape index (κ3) is 4.41. The van der Waals surface area contributed by atoms with E-state index in [4.69, 9.17) is 5.11 Å². The van der Waals surface area contributed by atoms with Crippen LogP contribution in [0.3, 0.4) is 0 Å². The van der Waals surface area contributed by atoms with Gasteiger partial charge in [0.2, 0.25) is 0 Å². The van der Waals surface area contributed by atoms with E-state index in [2.05, 4.69) is 15.3 Å². The number of nitrogens with zero attached hydrogens (tertiary/aromatic N) is 2. The Hall–Kier alpha value is -2.71. The van der Waals surface area contributed by atoms with E-state index >= 15 is 0 Å². The highest BCUT2D eigenvalue weighted by molar-refractivity contribution is 5.69. The van der Waals surface area contributed by atoms with E-state index in [1.807, 2.05) is 0 Å². The van der Waals surface area contributed by atoms with Gasteiger partial charge in [0.15, 0.2) is 0 Å². The first-order chi connectivity index (χ1) is 9.83. The maximum atomic E-state index is 12.1. The molecule has 0 aliphatic carbocycles. The van der Waals surface area contributed by atoms with Crippen molar-refractivity contribution in [3.63, 3.8) is 0 Å². The number of nitrogens with one attached hydrogen (secondary N) is 1. The molecule has 0 fully saturated rings. The Labute approximate surface area is 116 Å². The number of carbonyl (C=O) groups is 1. The summed E-state index contributed by atoms with van der Waals surface area (Å²) in [4.78, 5) is 11.8. The predicted molar refractivity (Wildman–Crippen MR) is 65.7 cm³/mol. The fraction of sp³-hybridized carbons (Fsp3) is 0.167. The van der Waals surface area contributed by atoms with Gasteiger partial charge in [-0.2, -0.15) is 9.89 Å². The second-order valence-corrected chi connectivity index (χ2v) is 3.99. The molecule has 0 saturated heterocycles. The highest BCUT2D eigenvalue weighted by Crippen LogP contribution is 2.25. The van der Waals surface area contributed by atoms with Crippen LogP contribution in [0.5, 0.6) is 5.75 Å².